The summed E-state index contributed by atoms with van der Waals surface area (Å²) in [7, 11) is -3.97. The van der Waals surface area contributed by atoms with Crippen LogP contribution in [-0.2, 0) is 15.6 Å². The lowest BCUT2D eigenvalue weighted by Gasteiger charge is -2.41. The summed E-state index contributed by atoms with van der Waals surface area (Å²) in [6.07, 6.45) is 0.658. The Kier molecular flexibility index (Phi) is 7.43. The quantitative estimate of drug-likeness (QED) is 0.199. The van der Waals surface area contributed by atoms with Gasteiger partial charge in [0.2, 0.25) is 10.0 Å². The summed E-state index contributed by atoms with van der Waals surface area (Å²) in [5.41, 5.74) is -0.355. The second-order valence-corrected chi connectivity index (χ2v) is 12.4. The molecule has 0 amide bonds. The Bertz CT molecular complexity index is 1610. The van der Waals surface area contributed by atoms with E-state index in [1.165, 1.54) is 0 Å². The van der Waals surface area contributed by atoms with Gasteiger partial charge in [0.25, 0.3) is 0 Å². The van der Waals surface area contributed by atoms with Crippen LogP contribution in [-0.4, -0.2) is 19.6 Å². The molecule has 38 heavy (non-hydrogen) atoms. The van der Waals surface area contributed by atoms with Crippen LogP contribution in [0.4, 0.5) is 0 Å². The van der Waals surface area contributed by atoms with Gasteiger partial charge in [-0.15, -0.1) is 0 Å². The van der Waals surface area contributed by atoms with Crippen LogP contribution in [0, 0.1) is 5.92 Å². The van der Waals surface area contributed by atoms with Crippen molar-refractivity contribution in [1.29, 1.82) is 0 Å². The average molecular weight is 589 g/mol. The lowest BCUT2D eigenvalue weighted by molar-refractivity contribution is 0.0274. The molecule has 5 aromatic rings. The normalized spacial score (nSPS) is 14.0. The summed E-state index contributed by atoms with van der Waals surface area (Å²) in [4.78, 5) is 0.146. The minimum Gasteiger partial charge on any atom is -0.379 e. The summed E-state index contributed by atoms with van der Waals surface area (Å²) in [6.45, 7) is 3.99. The van der Waals surface area contributed by atoms with Gasteiger partial charge in [0, 0.05) is 4.47 Å². The molecular weight excluding hydrogens is 558 g/mol. The number of rotatable bonds is 8. The highest BCUT2D eigenvalue weighted by atomic mass is 79.9. The highest BCUT2D eigenvalue weighted by Gasteiger charge is 2.46. The minimum absolute atomic E-state index is 0.146. The van der Waals surface area contributed by atoms with Gasteiger partial charge in [-0.05, 0) is 62.9 Å². The molecule has 0 aliphatic rings. The van der Waals surface area contributed by atoms with E-state index in [1.54, 1.807) is 24.3 Å². The molecule has 0 aliphatic heterocycles. The van der Waals surface area contributed by atoms with E-state index in [1.807, 2.05) is 98.8 Å². The van der Waals surface area contributed by atoms with Crippen LogP contribution < -0.4 is 4.72 Å². The molecule has 0 unspecified atom stereocenters. The second kappa shape index (κ2) is 10.6. The topological polar surface area (TPSA) is 66.4 Å². The van der Waals surface area contributed by atoms with E-state index in [0.29, 0.717) is 17.5 Å². The van der Waals surface area contributed by atoms with Gasteiger partial charge < -0.3 is 5.11 Å². The summed E-state index contributed by atoms with van der Waals surface area (Å²) >= 11 is 3.38. The molecule has 0 radical (unpaired) electrons. The summed E-state index contributed by atoms with van der Waals surface area (Å²) in [6, 6.07) is 33.1. The van der Waals surface area contributed by atoms with Crippen LogP contribution >= 0.6 is 15.9 Å². The largest absolute Gasteiger partial charge is 0.379 e. The molecule has 0 saturated heterocycles. The first kappa shape index (κ1) is 26.6. The predicted octanol–water partition coefficient (Wildman–Crippen LogP) is 7.38. The standard InChI is InChI=1S/C32H30BrNO3S/c1-3-22(2)31(34-38(36,37)26-20-18-25(33)19-21-26)32(35,29-16-8-12-23-10-4-6-14-27(23)29)30-17-9-13-24-11-5-7-15-28(24)30/h4-22,31,34-35H,3H2,1-2H3/t22-,31-/m0/s1. The maximum atomic E-state index is 13.8. The molecule has 0 aliphatic carbocycles. The van der Waals surface area contributed by atoms with Crippen LogP contribution in [0.5, 0.6) is 0 Å². The highest BCUT2D eigenvalue weighted by molar-refractivity contribution is 9.10. The molecule has 2 N–H and O–H groups in total. The van der Waals surface area contributed by atoms with Crippen molar-refractivity contribution in [2.75, 3.05) is 0 Å². The molecule has 0 fully saturated rings. The van der Waals surface area contributed by atoms with Crippen molar-refractivity contribution in [3.8, 4) is 0 Å². The van der Waals surface area contributed by atoms with Gasteiger partial charge in [0.15, 0.2) is 0 Å². The molecule has 0 aromatic heterocycles. The van der Waals surface area contributed by atoms with Gasteiger partial charge in [0.1, 0.15) is 5.60 Å². The molecule has 5 rings (SSSR count). The molecule has 0 heterocycles. The van der Waals surface area contributed by atoms with Crippen molar-refractivity contribution in [3.63, 3.8) is 0 Å². The van der Waals surface area contributed by atoms with Gasteiger partial charge in [-0.3, -0.25) is 0 Å². The van der Waals surface area contributed by atoms with Crippen LogP contribution in [0.15, 0.2) is 119 Å². The molecule has 0 saturated carbocycles. The second-order valence-electron chi connectivity index (χ2n) is 9.76. The smallest absolute Gasteiger partial charge is 0.240 e. The van der Waals surface area contributed by atoms with E-state index in [-0.39, 0.29) is 10.8 Å². The van der Waals surface area contributed by atoms with Crippen molar-refractivity contribution in [2.45, 2.75) is 36.8 Å². The van der Waals surface area contributed by atoms with Gasteiger partial charge >= 0.3 is 0 Å². The fourth-order valence-electron chi connectivity index (χ4n) is 5.29. The van der Waals surface area contributed by atoms with Gasteiger partial charge in [-0.2, -0.15) is 0 Å². The Morgan fingerprint density at radius 1 is 0.763 bits per heavy atom. The third-order valence-electron chi connectivity index (χ3n) is 7.47. The monoisotopic (exact) mass is 587 g/mol. The fourth-order valence-corrected chi connectivity index (χ4v) is 6.93. The van der Waals surface area contributed by atoms with Crippen molar-refractivity contribution < 1.29 is 13.5 Å². The van der Waals surface area contributed by atoms with Crippen LogP contribution in [0.25, 0.3) is 21.5 Å². The van der Waals surface area contributed by atoms with E-state index in [9.17, 15) is 13.5 Å². The molecule has 0 bridgehead atoms. The van der Waals surface area contributed by atoms with Crippen molar-refractivity contribution in [1.82, 2.24) is 4.72 Å². The Balaban J connectivity index is 1.81. The Morgan fingerprint density at radius 2 is 1.24 bits per heavy atom. The Morgan fingerprint density at radius 3 is 1.74 bits per heavy atom. The summed E-state index contributed by atoms with van der Waals surface area (Å²) < 4.78 is 31.3. The first-order valence-electron chi connectivity index (χ1n) is 12.7. The molecule has 0 spiro atoms. The number of hydrogen-bond acceptors (Lipinski definition) is 3. The zero-order valence-electron chi connectivity index (χ0n) is 21.3. The zero-order chi connectivity index (χ0) is 26.9. The van der Waals surface area contributed by atoms with Gasteiger partial charge in [-0.1, -0.05) is 121 Å². The number of sulfonamides is 1. The maximum absolute atomic E-state index is 13.8. The first-order chi connectivity index (χ1) is 18.3. The van der Waals surface area contributed by atoms with Crippen LogP contribution in [0.1, 0.15) is 31.4 Å². The number of halogens is 1. The summed E-state index contributed by atoms with van der Waals surface area (Å²) in [5, 5.41) is 16.8. The number of fused-ring (bicyclic) bond motifs is 2. The molecule has 4 nitrogen and oxygen atoms in total. The average Bonchev–Trinajstić information content (AvgIpc) is 2.94. The number of benzene rings is 5. The SMILES string of the molecule is CC[C@H](C)[C@H](NS(=O)(=O)c1ccc(Br)cc1)C(O)(c1cccc2ccccc12)c1cccc2ccccc12. The van der Waals surface area contributed by atoms with Crippen LogP contribution in [0.2, 0.25) is 0 Å². The molecular formula is C32H30BrNO3S. The Labute approximate surface area is 232 Å². The van der Waals surface area contributed by atoms with E-state index in [2.05, 4.69) is 20.7 Å². The molecule has 5 aromatic carbocycles. The third kappa shape index (κ3) is 4.78. The van der Waals surface area contributed by atoms with E-state index in [4.69, 9.17) is 0 Å². The lowest BCUT2D eigenvalue weighted by Crippen LogP contribution is -2.54. The van der Waals surface area contributed by atoms with Gasteiger partial charge in [0.05, 0.1) is 10.9 Å². The highest BCUT2D eigenvalue weighted by Crippen LogP contribution is 2.43. The predicted molar refractivity (Wildman–Crippen MR) is 159 cm³/mol. The summed E-state index contributed by atoms with van der Waals surface area (Å²) in [5.74, 6) is -0.205. The molecule has 2 atom stereocenters. The fraction of sp³-hybridized carbons (Fsp3) is 0.188. The minimum atomic E-state index is -3.97. The van der Waals surface area contributed by atoms with Crippen molar-refractivity contribution in [2.24, 2.45) is 5.92 Å². The first-order valence-corrected chi connectivity index (χ1v) is 15.0. The number of aliphatic hydroxyl groups is 1. The lowest BCUT2D eigenvalue weighted by atomic mass is 9.72. The number of nitrogens with one attached hydrogen (secondary N) is 1. The van der Waals surface area contributed by atoms with E-state index >= 15 is 0 Å². The third-order valence-corrected chi connectivity index (χ3v) is 9.46. The zero-order valence-corrected chi connectivity index (χ0v) is 23.7. The van der Waals surface area contributed by atoms with E-state index in [0.717, 1.165) is 26.0 Å². The Hall–Kier alpha value is -3.03. The van der Waals surface area contributed by atoms with Gasteiger partial charge in [-0.25, -0.2) is 13.1 Å². The van der Waals surface area contributed by atoms with Crippen molar-refractivity contribution in [3.05, 3.63) is 125 Å². The molecule has 6 heteroatoms. The van der Waals surface area contributed by atoms with Crippen LogP contribution in [0.3, 0.4) is 0 Å². The maximum Gasteiger partial charge on any atom is 0.240 e. The molecule has 194 valence electrons. The number of hydrogen-bond donors (Lipinski definition) is 2. The van der Waals surface area contributed by atoms with E-state index < -0.39 is 21.7 Å². The van der Waals surface area contributed by atoms with Crippen molar-refractivity contribution >= 4 is 47.5 Å².